The van der Waals surface area contributed by atoms with Crippen molar-refractivity contribution in [2.45, 2.75) is 140 Å². The molecule has 1 unspecified atom stereocenters. The second kappa shape index (κ2) is 46.0. The summed E-state index contributed by atoms with van der Waals surface area (Å²) in [5.41, 5.74) is 3.98. The van der Waals surface area contributed by atoms with Crippen LogP contribution < -0.4 is 37.2 Å². The van der Waals surface area contributed by atoms with Crippen LogP contribution in [0.4, 0.5) is 21.0 Å². The molecule has 558 valence electrons. The van der Waals surface area contributed by atoms with E-state index < -0.39 is 84.1 Å². The van der Waals surface area contributed by atoms with Crippen molar-refractivity contribution >= 4 is 117 Å². The molecule has 2 heterocycles. The smallest absolute Gasteiger partial charge is 0.326 e. The first kappa shape index (κ1) is 83.9. The third kappa shape index (κ3) is 34.3. The molecule has 4 aromatic rings. The maximum absolute atomic E-state index is 14.2. The van der Waals surface area contributed by atoms with Gasteiger partial charge in [0.1, 0.15) is 18.4 Å². The number of ketones is 2. The molecular weight excluding hydrogens is 1460 g/mol. The monoisotopic (exact) mass is 1550 g/mol. The van der Waals surface area contributed by atoms with Crippen LogP contribution in [0.15, 0.2) is 79.0 Å². The van der Waals surface area contributed by atoms with E-state index in [2.05, 4.69) is 82.3 Å². The summed E-state index contributed by atoms with van der Waals surface area (Å²) in [6.45, 7) is 1.86. The van der Waals surface area contributed by atoms with Crippen LogP contribution in [-0.2, 0) is 62.5 Å². The van der Waals surface area contributed by atoms with Gasteiger partial charge in [0.15, 0.2) is 10.9 Å². The van der Waals surface area contributed by atoms with E-state index >= 15 is 0 Å². The molecule has 1 aliphatic heterocycles. The van der Waals surface area contributed by atoms with Gasteiger partial charge in [0.05, 0.1) is 43.5 Å². The van der Waals surface area contributed by atoms with Gasteiger partial charge < -0.3 is 72.8 Å². The molecule has 5 amide bonds. The molecule has 1 saturated heterocycles. The number of carbonyl (C=O) groups is 11. The number of hydrogen-bond acceptors (Lipinski definition) is 18. The number of aliphatic carboxylic acids is 6. The Labute approximate surface area is 611 Å². The van der Waals surface area contributed by atoms with Crippen LogP contribution in [0.25, 0.3) is 11.3 Å². The van der Waals surface area contributed by atoms with Crippen molar-refractivity contribution in [3.8, 4) is 11.3 Å². The highest BCUT2D eigenvalue weighted by Crippen LogP contribution is 2.24. The highest BCUT2D eigenvalue weighted by atomic mass is 127. The standard InChI is InChI=1S/C69H97IN14O17S/c1-80-32-33-81(44-62(90)91)34-35-82(45-63(92)93)36-37-83(46-64(94)95)54(42-80)38-48-23-27-52(28-24-48)76-69(102)73-30-8-5-18-56(59(86)40-50(65(96)97)13-3-2-4-16-55(85)17-9-12-47-21-25-51(70)26-22-47)77-60(87)43-84-58(41-74-79-84)49-14-10-15-53(39-49)75-67(100)71-29-7-6-19-57(66(98)99)78-68(101)72-31-11-20-61(88)89/h10,14-15,21-28,39,41,50,54,56-57H,2-9,11-13,16-20,29-38,40,42-46H2,1H3,(H,77,87)(H,88,89)(H,90,91)(H,92,93)(H,94,95)(H,96,97)(H,98,99)(H2,71,75,100)(H2,72,78,101)(H2,73,76,102)/t50-,54?,56+,57+/m1/s1. The van der Waals surface area contributed by atoms with Gasteiger partial charge in [0.25, 0.3) is 0 Å². The van der Waals surface area contributed by atoms with Crippen LogP contribution in [0.1, 0.15) is 114 Å². The lowest BCUT2D eigenvalue weighted by Gasteiger charge is -2.37. The number of anilines is 2. The molecule has 0 radical (unpaired) electrons. The predicted octanol–water partition coefficient (Wildman–Crippen LogP) is 5.32. The van der Waals surface area contributed by atoms with Crippen LogP contribution in [0.5, 0.6) is 0 Å². The Balaban J connectivity index is 1.17. The number of nitrogens with zero attached hydrogens (tertiary/aromatic N) is 7. The predicted molar refractivity (Wildman–Crippen MR) is 391 cm³/mol. The molecule has 3 aromatic carbocycles. The van der Waals surface area contributed by atoms with Crippen molar-refractivity contribution in [1.29, 1.82) is 0 Å². The summed E-state index contributed by atoms with van der Waals surface area (Å²) in [6, 6.07) is 18.3. The molecular formula is C69H97IN14O17S. The largest absolute Gasteiger partial charge is 0.481 e. The van der Waals surface area contributed by atoms with Gasteiger partial charge >= 0.3 is 47.9 Å². The number of urea groups is 2. The minimum atomic E-state index is -1.25. The van der Waals surface area contributed by atoms with Gasteiger partial charge in [-0.2, -0.15) is 0 Å². The van der Waals surface area contributed by atoms with E-state index in [-0.39, 0.29) is 103 Å². The zero-order valence-corrected chi connectivity index (χ0v) is 60.5. The molecule has 1 aliphatic rings. The average molecular weight is 1550 g/mol. The Morgan fingerprint density at radius 3 is 1.83 bits per heavy atom. The first-order valence-corrected chi connectivity index (χ1v) is 35.8. The van der Waals surface area contributed by atoms with Gasteiger partial charge in [-0.3, -0.25) is 53.1 Å². The number of carboxylic acids is 6. The van der Waals surface area contributed by atoms with Gasteiger partial charge in [-0.1, -0.05) is 54.5 Å². The van der Waals surface area contributed by atoms with Gasteiger partial charge in [-0.15, -0.1) is 5.10 Å². The van der Waals surface area contributed by atoms with E-state index in [0.717, 1.165) is 22.0 Å². The molecule has 31 nitrogen and oxygen atoms in total. The number of benzene rings is 3. The number of Topliss-reactive ketones (excluding diaryl/α,β-unsaturated/α-hetero) is 2. The molecule has 102 heavy (non-hydrogen) atoms. The first-order valence-electron chi connectivity index (χ1n) is 34.3. The van der Waals surface area contributed by atoms with Crippen molar-refractivity contribution in [3.63, 3.8) is 0 Å². The van der Waals surface area contributed by atoms with E-state index in [0.29, 0.717) is 125 Å². The van der Waals surface area contributed by atoms with Gasteiger partial charge in [-0.05, 0) is 166 Å². The van der Waals surface area contributed by atoms with Crippen molar-refractivity contribution in [1.82, 2.24) is 61.2 Å². The molecule has 0 saturated carbocycles. The fourth-order valence-electron chi connectivity index (χ4n) is 11.6. The van der Waals surface area contributed by atoms with Crippen molar-refractivity contribution < 1.29 is 83.4 Å². The summed E-state index contributed by atoms with van der Waals surface area (Å²) < 4.78 is 2.45. The van der Waals surface area contributed by atoms with Crippen molar-refractivity contribution in [2.75, 3.05) is 103 Å². The van der Waals surface area contributed by atoms with Crippen molar-refractivity contribution in [3.05, 3.63) is 93.7 Å². The lowest BCUT2D eigenvalue weighted by Crippen LogP contribution is -2.52. The third-order valence-corrected chi connectivity index (χ3v) is 18.0. The highest BCUT2D eigenvalue weighted by Gasteiger charge is 2.30. The van der Waals surface area contributed by atoms with Crippen LogP contribution in [0.3, 0.4) is 0 Å². The number of nitrogens with one attached hydrogen (secondary N) is 7. The lowest BCUT2D eigenvalue weighted by atomic mass is 9.91. The number of halogens is 1. The van der Waals surface area contributed by atoms with E-state index in [1.807, 2.05) is 53.2 Å². The molecule has 4 atom stereocenters. The normalized spacial score (nSPS) is 15.0. The summed E-state index contributed by atoms with van der Waals surface area (Å²) >= 11 is 7.89. The molecule has 33 heteroatoms. The highest BCUT2D eigenvalue weighted by molar-refractivity contribution is 14.1. The summed E-state index contributed by atoms with van der Waals surface area (Å²) in [5.74, 6) is -8.50. The van der Waals surface area contributed by atoms with E-state index in [1.165, 1.54) is 16.4 Å². The minimum Gasteiger partial charge on any atom is -0.481 e. The van der Waals surface area contributed by atoms with E-state index in [9.17, 15) is 78.3 Å². The lowest BCUT2D eigenvalue weighted by molar-refractivity contribution is -0.144. The Bertz CT molecular complexity index is 3400. The number of rotatable bonds is 44. The van der Waals surface area contributed by atoms with Crippen LogP contribution in [0, 0.1) is 9.49 Å². The Morgan fingerprint density at radius 1 is 0.569 bits per heavy atom. The number of hydrogen-bond donors (Lipinski definition) is 13. The Hall–Kier alpha value is -8.77. The second-order valence-corrected chi connectivity index (χ2v) is 27.0. The van der Waals surface area contributed by atoms with Gasteiger partial charge in [0.2, 0.25) is 5.91 Å². The number of amides is 5. The van der Waals surface area contributed by atoms with Crippen molar-refractivity contribution in [2.24, 2.45) is 5.92 Å². The molecule has 0 aliphatic carbocycles. The van der Waals surface area contributed by atoms with Crippen LogP contribution in [0.2, 0.25) is 0 Å². The van der Waals surface area contributed by atoms with Crippen LogP contribution >= 0.6 is 34.8 Å². The summed E-state index contributed by atoms with van der Waals surface area (Å²) in [6.07, 6.45) is 7.52. The number of thiocarbonyl (C=S) groups is 1. The topological polar surface area (TPSA) is 437 Å². The van der Waals surface area contributed by atoms with Crippen LogP contribution in [-0.4, -0.2) is 246 Å². The molecule has 1 aromatic heterocycles. The van der Waals surface area contributed by atoms with Gasteiger partial charge in [0, 0.05) is 118 Å². The number of carboxylic acid groups (broad SMARTS) is 6. The number of carbonyl (C=O) groups excluding carboxylic acids is 5. The zero-order valence-electron chi connectivity index (χ0n) is 57.5. The summed E-state index contributed by atoms with van der Waals surface area (Å²) in [5, 5.41) is 85.7. The van der Waals surface area contributed by atoms with E-state index in [1.54, 1.807) is 34.1 Å². The summed E-state index contributed by atoms with van der Waals surface area (Å²) in [7, 11) is 1.89. The fourth-order valence-corrected chi connectivity index (χ4v) is 12.2. The van der Waals surface area contributed by atoms with Gasteiger partial charge in [-0.25, -0.2) is 19.1 Å². The Morgan fingerprint density at radius 2 is 1.18 bits per heavy atom. The number of aryl methyl sites for hydroxylation is 1. The third-order valence-electron chi connectivity index (χ3n) is 17.1. The molecule has 13 N–H and O–H groups in total. The van der Waals surface area contributed by atoms with E-state index in [4.69, 9.17) is 17.3 Å². The molecule has 1 fully saturated rings. The maximum Gasteiger partial charge on any atom is 0.326 e. The number of likely N-dealkylation sites (N-methyl/N-ethyl adjacent to an activating group) is 1. The Kier molecular flexibility index (Phi) is 37.8. The molecule has 0 spiro atoms. The summed E-state index contributed by atoms with van der Waals surface area (Å²) in [4.78, 5) is 144. The maximum atomic E-state index is 14.2. The quantitative estimate of drug-likeness (QED) is 0.0151. The zero-order chi connectivity index (χ0) is 74.3. The molecule has 0 bridgehead atoms. The SMILES string of the molecule is CN1CCN(CC(=O)O)CCN(CC(=O)O)CCN(CC(=O)O)C(Cc2ccc(NC(=S)NCCCC[C@H](NC(=O)Cn3nncc3-c3cccc(NC(=O)NCCCC[C@H](NC(=O)NCCCC(=O)O)C(=O)O)c3)C(=O)C[C@@H](CCCCCC(=O)CCCc3ccc(I)cc3)C(=O)O)cc2)C1. The average Bonchev–Trinajstić information content (AvgIpc) is 1.60. The second-order valence-electron chi connectivity index (χ2n) is 25.4. The number of unbranched alkanes of at least 4 members (excludes halogenated alkanes) is 4. The fraction of sp³-hybridized carbons (Fsp3) is 0.536. The number of aromatic nitrogens is 3. The first-order chi connectivity index (χ1) is 48.8. The molecule has 5 rings (SSSR count). The minimum absolute atomic E-state index is 0.0530.